The van der Waals surface area contributed by atoms with Crippen LogP contribution in [-0.2, 0) is 30.2 Å². The summed E-state index contributed by atoms with van der Waals surface area (Å²) in [6.07, 6.45) is 11.8. The van der Waals surface area contributed by atoms with Crippen molar-refractivity contribution in [3.8, 4) is 18.1 Å². The predicted molar refractivity (Wildman–Crippen MR) is 260 cm³/mol. The van der Waals surface area contributed by atoms with E-state index in [0.29, 0.717) is 141 Å². The summed E-state index contributed by atoms with van der Waals surface area (Å²) in [6, 6.07) is 4.46. The second-order valence-electron chi connectivity index (χ2n) is 17.4. The number of aliphatic hydroxyl groups is 1. The number of benzene rings is 1. The number of ether oxygens (including phenoxy) is 3. The molecule has 1 unspecified atom stereocenters. The van der Waals surface area contributed by atoms with Gasteiger partial charge in [-0.1, -0.05) is 48.7 Å². The highest BCUT2D eigenvalue weighted by atomic mass is 16.5. The number of amides is 2. The van der Waals surface area contributed by atoms with E-state index in [-0.39, 0.29) is 42.7 Å². The maximum atomic E-state index is 14.5. The molecule has 24 nitrogen and oxygen atoms in total. The van der Waals surface area contributed by atoms with E-state index in [4.69, 9.17) is 52.8 Å². The summed E-state index contributed by atoms with van der Waals surface area (Å²) in [5.74, 6) is 3.78. The summed E-state index contributed by atoms with van der Waals surface area (Å²) < 4.78 is 19.7. The third-order valence-electron chi connectivity index (χ3n) is 12.6. The van der Waals surface area contributed by atoms with Gasteiger partial charge in [0.25, 0.3) is 0 Å². The molecule has 4 aromatic rings. The van der Waals surface area contributed by atoms with Crippen molar-refractivity contribution in [1.82, 2.24) is 54.7 Å². The van der Waals surface area contributed by atoms with Crippen LogP contribution in [0.25, 0.3) is 0 Å². The van der Waals surface area contributed by atoms with Crippen molar-refractivity contribution in [2.75, 3.05) is 127 Å². The van der Waals surface area contributed by atoms with E-state index in [9.17, 15) is 19.8 Å². The number of rotatable bonds is 28. The molecule has 2 fully saturated rings. The number of aromatic hydroxyl groups is 1. The molecule has 1 aromatic carbocycles. The van der Waals surface area contributed by atoms with Crippen LogP contribution in [0.4, 0.5) is 17.8 Å². The van der Waals surface area contributed by atoms with E-state index in [2.05, 4.69) is 45.7 Å². The number of aromatic nitrogens is 9. The zero-order chi connectivity index (χ0) is 49.8. The van der Waals surface area contributed by atoms with Crippen LogP contribution >= 0.6 is 0 Å². The highest BCUT2D eigenvalue weighted by Crippen LogP contribution is 2.26. The molecule has 5 atom stereocenters. The number of unbranched alkanes of at least 4 members (excludes halogenated alkanes) is 1. The molecule has 3 aromatic heterocycles. The predicted octanol–water partition coefficient (Wildman–Crippen LogP) is 0.0446. The Morgan fingerprint density at radius 2 is 1.34 bits per heavy atom. The maximum Gasteiger partial charge on any atom is 0.247 e. The lowest BCUT2D eigenvalue weighted by Crippen LogP contribution is -2.52. The van der Waals surface area contributed by atoms with Crippen molar-refractivity contribution in [1.29, 1.82) is 0 Å². The van der Waals surface area contributed by atoms with Gasteiger partial charge in [-0.15, -0.1) is 16.6 Å². The fraction of sp³-hybridized carbons (Fsp3) is 0.630. The molecular weight excluding hydrogens is 903 g/mol. The quantitative estimate of drug-likeness (QED) is 0.0323. The molecule has 0 saturated carbocycles. The van der Waals surface area contributed by atoms with Crippen molar-refractivity contribution in [2.45, 2.75) is 70.1 Å². The van der Waals surface area contributed by atoms with Crippen LogP contribution in [0.3, 0.4) is 0 Å². The molecule has 382 valence electrons. The molecule has 24 heteroatoms. The Labute approximate surface area is 409 Å². The molecule has 6 rings (SSSR count). The zero-order valence-electron chi connectivity index (χ0n) is 40.5. The minimum absolute atomic E-state index is 0.0938. The number of carbonyl (C=O) groups excluding carboxylic acids is 2. The summed E-state index contributed by atoms with van der Waals surface area (Å²) in [4.78, 5) is 50.9. The average molecular weight is 974 g/mol. The van der Waals surface area contributed by atoms with Gasteiger partial charge < -0.3 is 66.5 Å². The fourth-order valence-electron chi connectivity index (χ4n) is 8.04. The van der Waals surface area contributed by atoms with E-state index in [0.717, 1.165) is 24.8 Å². The third-order valence-corrected chi connectivity index (χ3v) is 12.6. The first-order valence-corrected chi connectivity index (χ1v) is 24.2. The van der Waals surface area contributed by atoms with Crippen molar-refractivity contribution in [3.05, 3.63) is 53.6 Å². The van der Waals surface area contributed by atoms with Gasteiger partial charge in [0.2, 0.25) is 29.7 Å². The number of phenolic OH excluding ortho intramolecular Hbond substituents is 1. The van der Waals surface area contributed by atoms with Gasteiger partial charge in [-0.05, 0) is 49.4 Å². The second-order valence-corrected chi connectivity index (χ2v) is 17.4. The summed E-state index contributed by atoms with van der Waals surface area (Å²) in [5.41, 5.74) is 20.2. The van der Waals surface area contributed by atoms with Gasteiger partial charge in [-0.25, -0.2) is 9.36 Å². The van der Waals surface area contributed by atoms with Gasteiger partial charge in [0.05, 0.1) is 69.8 Å². The number of terminal acetylenes is 1. The standard InChI is InChI=1S/C46H71N17O7/c1-4-23-68-25-27-70-28-26-69-24-14-50-44-51-45(60-19-15-58(16-20-60)42(66)39(8-6-7-13-47)62-30-37(54-56-62)36(48)32-64)53-46(52-44)61-21-17-59(18-22-61)43(67)40(29-34-9-11-35(65)12-10-34)63-31-38(55-57-63)41(49)33(3)5-2/h1,9-12,30-31,33,36,39-41,64-65H,5-8,13-29,32,47-49H2,2-3H3,(H,50,51,52,53)/t33?,36-,39-,40-,41-/m0/s1. The number of nitrogens with zero attached hydrogens (tertiary/aromatic N) is 13. The number of nitrogens with one attached hydrogen (secondary N) is 1. The van der Waals surface area contributed by atoms with Gasteiger partial charge in [0, 0.05) is 65.3 Å². The Morgan fingerprint density at radius 1 is 0.786 bits per heavy atom. The molecule has 2 aliphatic heterocycles. The number of aliphatic hydroxyl groups excluding tert-OH is 1. The van der Waals surface area contributed by atoms with E-state index in [1.165, 1.54) is 0 Å². The molecule has 0 spiro atoms. The Balaban J connectivity index is 1.14. The van der Waals surface area contributed by atoms with E-state index in [1.54, 1.807) is 46.0 Å². The number of anilines is 3. The Kier molecular flexibility index (Phi) is 20.8. The molecule has 2 amide bonds. The summed E-state index contributed by atoms with van der Waals surface area (Å²) in [5, 5.41) is 39.9. The molecule has 9 N–H and O–H groups in total. The van der Waals surface area contributed by atoms with Crippen LogP contribution < -0.4 is 32.3 Å². The average Bonchev–Trinajstić information content (AvgIpc) is 4.10. The molecular formula is C46H71N17O7. The third kappa shape index (κ3) is 15.0. The first-order valence-electron chi connectivity index (χ1n) is 24.2. The number of carbonyl (C=O) groups is 2. The molecule has 5 heterocycles. The normalized spacial score (nSPS) is 16.4. The van der Waals surface area contributed by atoms with E-state index < -0.39 is 18.1 Å². The van der Waals surface area contributed by atoms with Gasteiger partial charge in [-0.3, -0.25) is 9.59 Å². The second kappa shape index (κ2) is 27.4. The highest BCUT2D eigenvalue weighted by Gasteiger charge is 2.34. The maximum absolute atomic E-state index is 14.5. The molecule has 2 aliphatic rings. The SMILES string of the molecule is C#CCOCCOCCOCCNc1nc(N2CCN(C(=O)[C@H](Cc3ccc(O)cc3)n3cc([C@@H](N)C(C)CC)nn3)CC2)nc(N2CCN(C(=O)[C@H](CCCCN)n3cc([C@@H](N)CO)nn3)CC2)n1. The largest absolute Gasteiger partial charge is 0.508 e. The topological polar surface area (TPSA) is 305 Å². The lowest BCUT2D eigenvalue weighted by Gasteiger charge is -2.38. The summed E-state index contributed by atoms with van der Waals surface area (Å²) in [6.45, 7) is 10.4. The Morgan fingerprint density at radius 3 is 1.93 bits per heavy atom. The van der Waals surface area contributed by atoms with Crippen molar-refractivity contribution < 1.29 is 34.0 Å². The number of nitrogens with two attached hydrogens (primary N) is 3. The molecule has 2 saturated heterocycles. The molecule has 70 heavy (non-hydrogen) atoms. The first-order chi connectivity index (χ1) is 34.0. The van der Waals surface area contributed by atoms with Crippen LogP contribution in [0.5, 0.6) is 5.75 Å². The number of phenols is 1. The van der Waals surface area contributed by atoms with Crippen LogP contribution in [-0.4, -0.2) is 188 Å². The zero-order valence-corrected chi connectivity index (χ0v) is 40.5. The Hall–Kier alpha value is -6.07. The minimum atomic E-state index is -0.704. The smallest absolute Gasteiger partial charge is 0.247 e. The molecule has 0 aliphatic carbocycles. The highest BCUT2D eigenvalue weighted by molar-refractivity contribution is 5.81. The van der Waals surface area contributed by atoms with Gasteiger partial charge >= 0.3 is 0 Å². The van der Waals surface area contributed by atoms with E-state index >= 15 is 0 Å². The molecule has 0 bridgehead atoms. The molecule has 0 radical (unpaired) electrons. The minimum Gasteiger partial charge on any atom is -0.508 e. The lowest BCUT2D eigenvalue weighted by atomic mass is 9.98. The van der Waals surface area contributed by atoms with Crippen molar-refractivity contribution in [2.24, 2.45) is 23.1 Å². The summed E-state index contributed by atoms with van der Waals surface area (Å²) in [7, 11) is 0. The van der Waals surface area contributed by atoms with Crippen molar-refractivity contribution in [3.63, 3.8) is 0 Å². The van der Waals surface area contributed by atoms with Crippen LogP contribution in [0.2, 0.25) is 0 Å². The summed E-state index contributed by atoms with van der Waals surface area (Å²) >= 11 is 0. The fourth-order valence-corrected chi connectivity index (χ4v) is 8.04. The van der Waals surface area contributed by atoms with Crippen LogP contribution in [0.1, 0.15) is 80.6 Å². The van der Waals surface area contributed by atoms with Crippen LogP contribution in [0.15, 0.2) is 36.7 Å². The Bertz CT molecular complexity index is 2240. The number of piperazine rings is 2. The number of hydrogen-bond donors (Lipinski definition) is 6. The first kappa shape index (κ1) is 53.3. The van der Waals surface area contributed by atoms with Crippen molar-refractivity contribution >= 4 is 29.7 Å². The number of hydrogen-bond acceptors (Lipinski definition) is 20. The lowest BCUT2D eigenvalue weighted by molar-refractivity contribution is -0.136. The van der Waals surface area contributed by atoms with Gasteiger partial charge in [0.1, 0.15) is 30.1 Å². The van der Waals surface area contributed by atoms with Crippen LogP contribution in [0, 0.1) is 18.3 Å². The van der Waals surface area contributed by atoms with Gasteiger partial charge in [-0.2, -0.15) is 15.0 Å². The monoisotopic (exact) mass is 974 g/mol. The van der Waals surface area contributed by atoms with E-state index in [1.807, 2.05) is 19.6 Å². The van der Waals surface area contributed by atoms with Gasteiger partial charge in [0.15, 0.2) is 0 Å².